The van der Waals surface area contributed by atoms with Crippen molar-refractivity contribution in [1.29, 1.82) is 0 Å². The van der Waals surface area contributed by atoms with Crippen LogP contribution in [-0.4, -0.2) is 44.0 Å². The molecule has 7 rings (SSSR count). The van der Waals surface area contributed by atoms with Crippen LogP contribution in [0.15, 0.2) is 122 Å². The number of ether oxygens (including phenoxy) is 1. The van der Waals surface area contributed by atoms with Crippen LogP contribution in [0.3, 0.4) is 0 Å². The fraction of sp³-hybridized carbons (Fsp3) is 0.105. The van der Waals surface area contributed by atoms with Gasteiger partial charge in [-0.2, -0.15) is 30.3 Å². The predicted octanol–water partition coefficient (Wildman–Crippen LogP) is -1.34. The van der Waals surface area contributed by atoms with Crippen LogP contribution >= 0.6 is 11.3 Å². The molecule has 264 valence electrons. The summed E-state index contributed by atoms with van der Waals surface area (Å²) < 4.78 is 84.8. The first kappa shape index (κ1) is 45.3. The van der Waals surface area contributed by atoms with Crippen molar-refractivity contribution in [3.8, 4) is 44.3 Å². The van der Waals surface area contributed by atoms with E-state index in [1.807, 2.05) is 18.2 Å². The molecule has 0 atom stereocenters. The Morgan fingerprint density at radius 1 is 0.745 bits per heavy atom. The van der Waals surface area contributed by atoms with E-state index in [1.54, 1.807) is 48.5 Å². The number of rotatable bonds is 10. The minimum Gasteiger partial charge on any atom is -0.744 e. The van der Waals surface area contributed by atoms with E-state index in [4.69, 9.17) is 14.1 Å². The van der Waals surface area contributed by atoms with Crippen molar-refractivity contribution in [2.75, 3.05) is 18.0 Å². The van der Waals surface area contributed by atoms with E-state index >= 15 is 0 Å². The molecule has 0 saturated carbocycles. The molecule has 0 aliphatic heterocycles. The molecule has 0 bridgehead atoms. The second-order valence-corrected chi connectivity index (χ2v) is 15.5. The van der Waals surface area contributed by atoms with Gasteiger partial charge in [0.1, 0.15) is 42.3 Å². The molecule has 0 spiro atoms. The van der Waals surface area contributed by atoms with Crippen LogP contribution in [0.1, 0.15) is 13.8 Å². The summed E-state index contributed by atoms with van der Waals surface area (Å²) in [4.78, 5) is 19.0. The summed E-state index contributed by atoms with van der Waals surface area (Å²) in [5, 5.41) is 1.19. The van der Waals surface area contributed by atoms with E-state index < -0.39 is 35.7 Å². The molecule has 17 heteroatoms. The Morgan fingerprint density at radius 3 is 1.96 bits per heavy atom. The molecule has 11 nitrogen and oxygen atoms in total. The van der Waals surface area contributed by atoms with Crippen LogP contribution in [0.2, 0.25) is 0 Å². The maximum atomic E-state index is 13.2. The van der Waals surface area contributed by atoms with E-state index in [0.29, 0.717) is 33.0 Å². The van der Waals surface area contributed by atoms with Gasteiger partial charge < -0.3 is 23.2 Å². The van der Waals surface area contributed by atoms with Crippen molar-refractivity contribution < 1.29 is 124 Å². The number of anilines is 1. The summed E-state index contributed by atoms with van der Waals surface area (Å²) in [7, 11) is -9.73. The molecule has 0 aliphatic rings. The number of benzene rings is 5. The van der Waals surface area contributed by atoms with Gasteiger partial charge in [0, 0.05) is 47.4 Å². The van der Waals surface area contributed by atoms with Crippen LogP contribution in [0, 0.1) is 6.07 Å². The average Bonchev–Trinajstić information content (AvgIpc) is 3.55. The average molecular weight is 821 g/mol. The summed E-state index contributed by atoms with van der Waals surface area (Å²) in [6.45, 7) is 5.73. The summed E-state index contributed by atoms with van der Waals surface area (Å²) >= 11 is 1.30. The Kier molecular flexibility index (Phi) is 15.2. The molecular formula is C38H27N2Na3O9S3. The first-order valence-electron chi connectivity index (χ1n) is 15.9. The van der Waals surface area contributed by atoms with Gasteiger partial charge in [-0.25, -0.2) is 26.6 Å². The smallest absolute Gasteiger partial charge is 0.744 e. The fourth-order valence-corrected chi connectivity index (χ4v) is 7.83. The normalized spacial score (nSPS) is 11.3. The van der Waals surface area contributed by atoms with Gasteiger partial charge >= 0.3 is 94.3 Å². The Bertz CT molecular complexity index is 2770. The standard InChI is InChI=1S/C38H29N2O9S3.3Na/c1-3-40(4-2)26-13-10-25-18-32(38(41)49-34(25)19-26)37-39-33-20-27(14-17-35(33)50-37)48-36-30(23-8-6-5-7-9-23)21-29(52(45,46)47)22-31(36)24-11-15-28(16-12-24)51(42,43)44;;;/h6-22H,3-4H2,1-2H3,(H,42,43,44)(H,45,46,47);;;/q-1;3*+1/p-2. The molecule has 0 saturated heterocycles. The molecule has 0 fully saturated rings. The molecule has 0 unspecified atom stereocenters. The number of thiazole rings is 1. The molecule has 0 radical (unpaired) electrons. The second kappa shape index (κ2) is 18.5. The Balaban J connectivity index is 0.00000224. The van der Waals surface area contributed by atoms with Crippen LogP contribution < -0.4 is 104 Å². The first-order valence-corrected chi connectivity index (χ1v) is 19.5. The molecule has 2 heterocycles. The SMILES string of the molecule is CCN(CC)c1ccc2cc(-c3nc4cc(Oc5c(-c6cc[c-]cc6)cc(S(=O)(=O)[O-])cc5-c5ccc(S(=O)(=O)[O-])cc5)ccc4s3)c(=O)oc2c1.[Na+].[Na+].[Na+]. The molecule has 2 aromatic heterocycles. The van der Waals surface area contributed by atoms with Gasteiger partial charge in [0.05, 0.1) is 25.6 Å². The van der Waals surface area contributed by atoms with Crippen LogP contribution in [0.5, 0.6) is 11.5 Å². The van der Waals surface area contributed by atoms with Crippen LogP contribution in [0.4, 0.5) is 5.69 Å². The van der Waals surface area contributed by atoms with Gasteiger partial charge in [-0.3, -0.25) is 0 Å². The molecule has 55 heavy (non-hydrogen) atoms. The van der Waals surface area contributed by atoms with Gasteiger partial charge in [-0.05, 0) is 74.0 Å². The third-order valence-electron chi connectivity index (χ3n) is 8.49. The minimum absolute atomic E-state index is 0. The Labute approximate surface area is 388 Å². The molecule has 7 aromatic rings. The van der Waals surface area contributed by atoms with Crippen molar-refractivity contribution >= 4 is 58.4 Å². The zero-order chi connectivity index (χ0) is 36.8. The molecule has 0 N–H and O–H groups in total. The monoisotopic (exact) mass is 820 g/mol. The largest absolute Gasteiger partial charge is 1.00 e. The quantitative estimate of drug-likeness (QED) is 0.0694. The van der Waals surface area contributed by atoms with Crippen molar-refractivity contribution in [2.24, 2.45) is 0 Å². The summed E-state index contributed by atoms with van der Waals surface area (Å²) in [6, 6.07) is 29.2. The number of hydrogen-bond acceptors (Lipinski definition) is 12. The van der Waals surface area contributed by atoms with E-state index in [1.165, 1.54) is 29.5 Å². The van der Waals surface area contributed by atoms with Crippen molar-refractivity contribution in [3.05, 3.63) is 120 Å². The number of hydrogen-bond donors (Lipinski definition) is 0. The fourth-order valence-electron chi connectivity index (χ4n) is 5.89. The second-order valence-electron chi connectivity index (χ2n) is 11.7. The summed E-state index contributed by atoms with van der Waals surface area (Å²) in [5.74, 6) is 0.436. The minimum atomic E-state index is -4.97. The maximum absolute atomic E-state index is 13.2. The first-order chi connectivity index (χ1) is 24.8. The maximum Gasteiger partial charge on any atom is 1.00 e. The number of fused-ring (bicyclic) bond motifs is 2. The van der Waals surface area contributed by atoms with Crippen molar-refractivity contribution in [3.63, 3.8) is 0 Å². The van der Waals surface area contributed by atoms with Crippen LogP contribution in [-0.2, 0) is 20.2 Å². The topological polar surface area (TPSA) is 170 Å². The van der Waals surface area contributed by atoms with Crippen LogP contribution in [0.25, 0.3) is 54.0 Å². The van der Waals surface area contributed by atoms with Crippen molar-refractivity contribution in [2.45, 2.75) is 23.6 Å². The summed E-state index contributed by atoms with van der Waals surface area (Å²) in [5.41, 5.74) is 2.88. The Morgan fingerprint density at radius 2 is 1.36 bits per heavy atom. The van der Waals surface area contributed by atoms with Gasteiger partial charge in [0.25, 0.3) is 0 Å². The molecule has 0 aliphatic carbocycles. The third-order valence-corrected chi connectivity index (χ3v) is 11.2. The van der Waals surface area contributed by atoms with E-state index in [0.717, 1.165) is 47.1 Å². The third kappa shape index (κ3) is 9.85. The zero-order valence-electron chi connectivity index (χ0n) is 30.5. The van der Waals surface area contributed by atoms with E-state index in [-0.39, 0.29) is 111 Å². The van der Waals surface area contributed by atoms with Gasteiger partial charge in [-0.1, -0.05) is 12.1 Å². The van der Waals surface area contributed by atoms with Gasteiger partial charge in [0.15, 0.2) is 0 Å². The number of nitrogens with zero attached hydrogens (tertiary/aromatic N) is 2. The summed E-state index contributed by atoms with van der Waals surface area (Å²) in [6.07, 6.45) is 0. The number of aromatic nitrogens is 1. The van der Waals surface area contributed by atoms with Crippen molar-refractivity contribution in [1.82, 2.24) is 4.98 Å². The molecule has 0 amide bonds. The van der Waals surface area contributed by atoms with E-state index in [2.05, 4.69) is 24.8 Å². The Hall–Kier alpha value is -2.38. The van der Waals surface area contributed by atoms with E-state index in [9.17, 15) is 30.7 Å². The molecular weight excluding hydrogens is 794 g/mol. The van der Waals surface area contributed by atoms with Gasteiger partial charge in [0.2, 0.25) is 0 Å². The molecule has 5 aromatic carbocycles. The predicted molar refractivity (Wildman–Crippen MR) is 197 cm³/mol. The van der Waals surface area contributed by atoms with Gasteiger partial charge in [-0.15, -0.1) is 16.9 Å². The zero-order valence-corrected chi connectivity index (χ0v) is 39.0.